The van der Waals surface area contributed by atoms with Crippen molar-refractivity contribution in [2.24, 2.45) is 0 Å². The van der Waals surface area contributed by atoms with Crippen LogP contribution in [-0.4, -0.2) is 198 Å². The molecule has 0 aliphatic carbocycles. The van der Waals surface area contributed by atoms with Crippen LogP contribution in [-0.2, 0) is 0 Å². The predicted molar refractivity (Wildman–Crippen MR) is 225 cm³/mol. The van der Waals surface area contributed by atoms with Gasteiger partial charge >= 0.3 is 39.8 Å². The van der Waals surface area contributed by atoms with Crippen LogP contribution < -0.4 is 14.5 Å². The molecule has 0 saturated heterocycles. The third-order valence-corrected chi connectivity index (χ3v) is 6.76. The fourth-order valence-electron chi connectivity index (χ4n) is 4.67. The van der Waals surface area contributed by atoms with E-state index >= 15 is 0 Å². The molecule has 0 spiro atoms. The van der Waals surface area contributed by atoms with Gasteiger partial charge in [0.1, 0.15) is 33.1 Å². The van der Waals surface area contributed by atoms with Gasteiger partial charge in [-0.25, -0.2) is 28.4 Å². The van der Waals surface area contributed by atoms with Gasteiger partial charge in [-0.1, -0.05) is 50.9 Å². The van der Waals surface area contributed by atoms with Gasteiger partial charge in [-0.2, -0.15) is 0 Å². The zero-order valence-corrected chi connectivity index (χ0v) is 37.6. The molecular weight excluding hydrogens is 915 g/mol. The van der Waals surface area contributed by atoms with Gasteiger partial charge in [0.05, 0.1) is 84.6 Å². The molecule has 3 heterocycles. The van der Waals surface area contributed by atoms with Gasteiger partial charge in [0.2, 0.25) is 0 Å². The maximum atomic E-state index is 9.75. The van der Waals surface area contributed by atoms with E-state index in [9.17, 15) is 51.8 Å². The molecule has 0 aliphatic heterocycles. The van der Waals surface area contributed by atoms with Crippen molar-refractivity contribution in [2.75, 3.05) is 84.6 Å². The summed E-state index contributed by atoms with van der Waals surface area (Å²) in [6, 6.07) is 25.0. The van der Waals surface area contributed by atoms with E-state index in [0.717, 1.165) is 33.1 Å². The first-order valence-electron chi connectivity index (χ1n) is 18.5. The van der Waals surface area contributed by atoms with Gasteiger partial charge in [0, 0.05) is 0 Å². The summed E-state index contributed by atoms with van der Waals surface area (Å²) < 4.78 is 123. The van der Waals surface area contributed by atoms with Crippen LogP contribution in [0.4, 0.5) is 51.8 Å². The van der Waals surface area contributed by atoms with Crippen LogP contribution in [0.3, 0.4) is 0 Å². The molecular formula is C33H48B3F12N15O3. The number of amidine groups is 3. The molecule has 0 amide bonds. The third-order valence-electron chi connectivity index (χ3n) is 6.76. The van der Waals surface area contributed by atoms with Gasteiger partial charge in [0.15, 0.2) is 0 Å². The molecule has 6 rings (SSSR count). The maximum absolute atomic E-state index is 9.75. The lowest BCUT2D eigenvalue weighted by atomic mass is 10.3. The summed E-state index contributed by atoms with van der Waals surface area (Å²) in [5.74, 6) is 0. The van der Waals surface area contributed by atoms with Gasteiger partial charge in [0.25, 0.3) is 0 Å². The Labute approximate surface area is 370 Å². The SMILES string of the molecule is CN(C)C(On1nnc2ccccc21)=[N+](C)C.CN(C)C(On1nnc2ccccc21)=[N+](C)C.CN(C)C(On1nnc2ccccc21)=[N+](C)C.F[B-](F)(F)F.F[B-](F)(F)F.F[B-](F)(F)F. The van der Waals surface area contributed by atoms with Crippen molar-refractivity contribution in [1.82, 2.24) is 60.2 Å². The number of fused-ring (bicyclic) bond motifs is 3. The molecule has 66 heavy (non-hydrogen) atoms. The fraction of sp³-hybridized carbons (Fsp3) is 0.364. The Hall–Kier alpha value is -6.98. The molecule has 0 fully saturated rings. The van der Waals surface area contributed by atoms with Crippen molar-refractivity contribution in [1.29, 1.82) is 0 Å². The highest BCUT2D eigenvalue weighted by molar-refractivity contribution is 6.50. The molecule has 3 aromatic carbocycles. The van der Waals surface area contributed by atoms with Gasteiger partial charge in [-0.15, -0.1) is 15.3 Å². The summed E-state index contributed by atoms with van der Waals surface area (Å²) in [5.41, 5.74) is 4.95. The van der Waals surface area contributed by atoms with Gasteiger partial charge in [-0.3, -0.25) is 14.5 Å². The smallest absolute Gasteiger partial charge is 0.418 e. The van der Waals surface area contributed by atoms with E-state index in [-0.39, 0.29) is 0 Å². The molecule has 0 N–H and O–H groups in total. The Kier molecular flexibility index (Phi) is 22.0. The quantitative estimate of drug-likeness (QED) is 0.0833. The van der Waals surface area contributed by atoms with E-state index in [1.54, 1.807) is 0 Å². The lowest BCUT2D eigenvalue weighted by Gasteiger charge is -2.10. The van der Waals surface area contributed by atoms with E-state index in [2.05, 4.69) is 30.9 Å². The highest BCUT2D eigenvalue weighted by Crippen LogP contribution is 2.11. The zero-order valence-electron chi connectivity index (χ0n) is 37.6. The van der Waals surface area contributed by atoms with Crippen molar-refractivity contribution < 1.29 is 80.0 Å². The normalized spacial score (nSPS) is 10.7. The summed E-state index contributed by atoms with van der Waals surface area (Å²) in [7, 11) is 4.93. The van der Waals surface area contributed by atoms with Gasteiger partial charge in [-0.05, 0) is 52.0 Å². The number of para-hydroxylation sites is 3. The largest absolute Gasteiger partial charge is 0.673 e. The second-order valence-corrected chi connectivity index (χ2v) is 13.8. The number of rotatable bonds is 3. The average molecular weight is 963 g/mol. The summed E-state index contributed by atoms with van der Waals surface area (Å²) in [5, 5.41) is 24.0. The first-order valence-corrected chi connectivity index (χ1v) is 18.5. The highest BCUT2D eigenvalue weighted by Gasteiger charge is 2.22. The van der Waals surface area contributed by atoms with Crippen molar-refractivity contribution in [3.05, 3.63) is 72.8 Å². The molecule has 3 aromatic heterocycles. The van der Waals surface area contributed by atoms with Crippen LogP contribution in [0.25, 0.3) is 33.1 Å². The Morgan fingerprint density at radius 2 is 0.576 bits per heavy atom. The summed E-state index contributed by atoms with van der Waals surface area (Å²) in [4.78, 5) is 27.0. The lowest BCUT2D eigenvalue weighted by Crippen LogP contribution is -2.39. The van der Waals surface area contributed by atoms with Crippen LogP contribution >= 0.6 is 0 Å². The van der Waals surface area contributed by atoms with Crippen molar-refractivity contribution >= 4 is 72.9 Å². The van der Waals surface area contributed by atoms with Crippen LogP contribution in [0.1, 0.15) is 0 Å². The molecule has 6 aromatic rings. The molecule has 0 aliphatic rings. The van der Waals surface area contributed by atoms with E-state index in [4.69, 9.17) is 14.5 Å². The summed E-state index contributed by atoms with van der Waals surface area (Å²) >= 11 is 0. The Morgan fingerprint density at radius 1 is 0.394 bits per heavy atom. The van der Waals surface area contributed by atoms with Crippen molar-refractivity contribution in [3.8, 4) is 0 Å². The molecule has 33 heteroatoms. The zero-order chi connectivity index (χ0) is 50.7. The molecule has 0 bridgehead atoms. The van der Waals surface area contributed by atoms with Crippen molar-refractivity contribution in [3.63, 3.8) is 0 Å². The lowest BCUT2D eigenvalue weighted by molar-refractivity contribution is -0.480. The molecule has 366 valence electrons. The third kappa shape index (κ3) is 22.6. The minimum Gasteiger partial charge on any atom is -0.418 e. The van der Waals surface area contributed by atoms with E-state index in [1.165, 1.54) is 14.5 Å². The minimum absolute atomic E-state index is 0.681. The van der Waals surface area contributed by atoms with E-state index in [1.807, 2.05) is 186 Å². The standard InChI is InChI=1S/3C11H16N5O.3BF4/c3*1-14(2)11(15(3)4)17-16-10-8-6-5-7-9(10)12-13-16;3*2-1(3,4)5/h3*5-8H,1-4H3;;;/q3*+1;3*-1. The second kappa shape index (κ2) is 25.5. The minimum atomic E-state index is -6.00. The summed E-state index contributed by atoms with van der Waals surface area (Å²) in [6.07, 6.45) is 0. The van der Waals surface area contributed by atoms with Crippen LogP contribution in [0.5, 0.6) is 0 Å². The molecule has 0 atom stereocenters. The topological polar surface area (TPSA) is 139 Å². The number of benzene rings is 3. The number of halogens is 12. The molecule has 0 radical (unpaired) electrons. The van der Waals surface area contributed by atoms with Crippen LogP contribution in [0, 0.1) is 0 Å². The van der Waals surface area contributed by atoms with Crippen LogP contribution in [0.2, 0.25) is 0 Å². The average Bonchev–Trinajstić information content (AvgIpc) is 3.90. The van der Waals surface area contributed by atoms with Crippen molar-refractivity contribution in [2.45, 2.75) is 0 Å². The Morgan fingerprint density at radius 3 is 0.742 bits per heavy atom. The first kappa shape index (κ1) is 57.0. The monoisotopic (exact) mass is 963 g/mol. The Balaban J connectivity index is 0.000000429. The number of hydrogen-bond donors (Lipinski definition) is 0. The highest BCUT2D eigenvalue weighted by atomic mass is 19.5. The van der Waals surface area contributed by atoms with E-state index in [0.29, 0.717) is 18.1 Å². The van der Waals surface area contributed by atoms with Crippen LogP contribution in [0.15, 0.2) is 72.8 Å². The first-order chi connectivity index (χ1) is 30.3. The second-order valence-electron chi connectivity index (χ2n) is 13.8. The number of hydrogen-bond acceptors (Lipinski definition) is 9. The predicted octanol–water partition coefficient (Wildman–Crippen LogP) is 4.05. The maximum Gasteiger partial charge on any atom is 0.673 e. The molecule has 18 nitrogen and oxygen atoms in total. The number of aromatic nitrogens is 9. The fourth-order valence-corrected chi connectivity index (χ4v) is 4.67. The molecule has 0 unspecified atom stereocenters. The van der Waals surface area contributed by atoms with Gasteiger partial charge < -0.3 is 51.8 Å². The summed E-state index contributed by atoms with van der Waals surface area (Å²) in [6.45, 7) is 0. The Bertz CT molecular complexity index is 2210. The molecule has 0 saturated carbocycles. The van der Waals surface area contributed by atoms with E-state index < -0.39 is 21.8 Å². The number of nitrogens with zero attached hydrogens (tertiary/aromatic N) is 15.